The van der Waals surface area contributed by atoms with Crippen LogP contribution in [-0.2, 0) is 19.3 Å². The number of aliphatic hydroxyl groups excluding tert-OH is 1. The third-order valence-corrected chi connectivity index (χ3v) is 4.45. The average Bonchev–Trinajstić information content (AvgIpc) is 2.75. The Hall–Kier alpha value is -3.66. The lowest BCUT2D eigenvalue weighted by molar-refractivity contribution is -0.137. The Labute approximate surface area is 179 Å². The van der Waals surface area contributed by atoms with Crippen LogP contribution in [0.5, 0.6) is 11.5 Å². The number of hydrogen-bond acceptors (Lipinski definition) is 4. The van der Waals surface area contributed by atoms with Crippen LogP contribution >= 0.6 is 0 Å². The van der Waals surface area contributed by atoms with E-state index in [0.717, 1.165) is 24.3 Å². The van der Waals surface area contributed by atoms with Gasteiger partial charge < -0.3 is 19.7 Å². The smallest absolute Gasteiger partial charge is 0.416 e. The number of halogens is 4. The number of nitrogens with zero attached hydrogens (tertiary/aromatic N) is 1. The molecular weight excluding hydrogens is 432 g/mol. The summed E-state index contributed by atoms with van der Waals surface area (Å²) in [4.78, 5) is 24.6. The molecule has 2 N–H and O–H groups in total. The summed E-state index contributed by atoms with van der Waals surface area (Å²) >= 11 is 0. The molecule has 0 unspecified atom stereocenters. The second-order valence-corrected chi connectivity index (χ2v) is 6.74. The van der Waals surface area contributed by atoms with Crippen LogP contribution < -0.4 is 15.6 Å². The fraction of sp³-hybridized carbons (Fsp3) is 0.182. The minimum atomic E-state index is -4.66. The Morgan fingerprint density at radius 2 is 1.78 bits per heavy atom. The van der Waals surface area contributed by atoms with Gasteiger partial charge in [0.15, 0.2) is 0 Å². The lowest BCUT2D eigenvalue weighted by Gasteiger charge is -2.15. The molecule has 1 aromatic heterocycles. The SMILES string of the molecule is O=C(NCc1ccn(CCO)c(=O)c1)c1ccc(C(F)(F)F)cc1Oc1ccc(F)cc1. The van der Waals surface area contributed by atoms with Crippen molar-refractivity contribution in [2.75, 3.05) is 6.61 Å². The van der Waals surface area contributed by atoms with Gasteiger partial charge in [0.25, 0.3) is 11.5 Å². The lowest BCUT2D eigenvalue weighted by atomic mass is 10.1. The molecule has 6 nitrogen and oxygen atoms in total. The van der Waals surface area contributed by atoms with Gasteiger partial charge in [0.05, 0.1) is 17.7 Å². The van der Waals surface area contributed by atoms with Gasteiger partial charge in [-0.2, -0.15) is 13.2 Å². The van der Waals surface area contributed by atoms with Gasteiger partial charge in [0, 0.05) is 25.4 Å². The minimum Gasteiger partial charge on any atom is -0.457 e. The van der Waals surface area contributed by atoms with Gasteiger partial charge in [-0.15, -0.1) is 0 Å². The van der Waals surface area contributed by atoms with Crippen molar-refractivity contribution in [2.45, 2.75) is 19.3 Å². The molecule has 0 atom stereocenters. The number of carbonyl (C=O) groups excluding carboxylic acids is 1. The Bertz CT molecular complexity index is 1160. The molecule has 32 heavy (non-hydrogen) atoms. The van der Waals surface area contributed by atoms with Crippen molar-refractivity contribution < 1.29 is 32.2 Å². The zero-order valence-corrected chi connectivity index (χ0v) is 16.5. The molecule has 3 aromatic rings. The second kappa shape index (κ2) is 9.65. The first-order valence-electron chi connectivity index (χ1n) is 9.40. The fourth-order valence-corrected chi connectivity index (χ4v) is 2.83. The molecule has 0 spiro atoms. The van der Waals surface area contributed by atoms with E-state index in [4.69, 9.17) is 9.84 Å². The highest BCUT2D eigenvalue weighted by Crippen LogP contribution is 2.35. The molecular formula is C22H18F4N2O4. The third kappa shape index (κ3) is 5.73. The molecule has 0 radical (unpaired) electrons. The van der Waals surface area contributed by atoms with E-state index in [1.807, 2.05) is 0 Å². The van der Waals surface area contributed by atoms with E-state index in [0.29, 0.717) is 11.6 Å². The number of nitrogens with one attached hydrogen (secondary N) is 1. The number of rotatable bonds is 7. The molecule has 0 saturated heterocycles. The number of aliphatic hydroxyl groups is 1. The predicted molar refractivity (Wildman–Crippen MR) is 107 cm³/mol. The number of alkyl halides is 3. The zero-order valence-electron chi connectivity index (χ0n) is 16.5. The van der Waals surface area contributed by atoms with Gasteiger partial charge in [0.1, 0.15) is 17.3 Å². The maximum Gasteiger partial charge on any atom is 0.416 e. The Balaban J connectivity index is 1.83. The number of carbonyl (C=O) groups is 1. The second-order valence-electron chi connectivity index (χ2n) is 6.74. The van der Waals surface area contributed by atoms with Gasteiger partial charge in [-0.3, -0.25) is 9.59 Å². The first kappa shape index (κ1) is 23.0. The van der Waals surface area contributed by atoms with E-state index in [1.165, 1.54) is 29.0 Å². The van der Waals surface area contributed by atoms with Crippen LogP contribution in [0.1, 0.15) is 21.5 Å². The largest absolute Gasteiger partial charge is 0.457 e. The summed E-state index contributed by atoms with van der Waals surface area (Å²) in [6.07, 6.45) is -3.20. The van der Waals surface area contributed by atoms with Crippen molar-refractivity contribution in [1.82, 2.24) is 9.88 Å². The van der Waals surface area contributed by atoms with E-state index in [1.54, 1.807) is 6.07 Å². The number of ether oxygens (including phenoxy) is 1. The highest BCUT2D eigenvalue weighted by Gasteiger charge is 2.32. The number of benzene rings is 2. The predicted octanol–water partition coefficient (Wildman–Crippen LogP) is 3.72. The molecule has 1 amide bonds. The summed E-state index contributed by atoms with van der Waals surface area (Å²) in [5, 5.41) is 11.4. The van der Waals surface area contributed by atoms with Crippen LogP contribution in [0.2, 0.25) is 0 Å². The zero-order chi connectivity index (χ0) is 23.3. The molecule has 3 rings (SSSR count). The van der Waals surface area contributed by atoms with E-state index in [2.05, 4.69) is 5.32 Å². The van der Waals surface area contributed by atoms with Crippen LogP contribution in [0.4, 0.5) is 17.6 Å². The van der Waals surface area contributed by atoms with Crippen LogP contribution in [0, 0.1) is 5.82 Å². The number of hydrogen-bond donors (Lipinski definition) is 2. The molecule has 1 heterocycles. The molecule has 0 saturated carbocycles. The topological polar surface area (TPSA) is 80.6 Å². The van der Waals surface area contributed by atoms with E-state index < -0.39 is 23.5 Å². The lowest BCUT2D eigenvalue weighted by Crippen LogP contribution is -2.26. The summed E-state index contributed by atoms with van der Waals surface area (Å²) < 4.78 is 59.2. The number of aromatic nitrogens is 1. The van der Waals surface area contributed by atoms with Crippen molar-refractivity contribution in [2.24, 2.45) is 0 Å². The summed E-state index contributed by atoms with van der Waals surface area (Å²) in [5.41, 5.74) is -1.10. The van der Waals surface area contributed by atoms with Gasteiger partial charge in [-0.1, -0.05) is 0 Å². The molecule has 0 aliphatic rings. The van der Waals surface area contributed by atoms with Crippen molar-refractivity contribution in [1.29, 1.82) is 0 Å². The highest BCUT2D eigenvalue weighted by molar-refractivity contribution is 5.97. The summed E-state index contributed by atoms with van der Waals surface area (Å²) in [6, 6.07) is 9.85. The van der Waals surface area contributed by atoms with Crippen LogP contribution in [0.3, 0.4) is 0 Å². The Morgan fingerprint density at radius 1 is 1.06 bits per heavy atom. The summed E-state index contributed by atoms with van der Waals surface area (Å²) in [7, 11) is 0. The molecule has 168 valence electrons. The first-order chi connectivity index (χ1) is 15.2. The van der Waals surface area contributed by atoms with Crippen molar-refractivity contribution >= 4 is 5.91 Å². The van der Waals surface area contributed by atoms with Gasteiger partial charge in [0.2, 0.25) is 0 Å². The molecule has 0 aliphatic carbocycles. The molecule has 0 bridgehead atoms. The minimum absolute atomic E-state index is 0.0484. The summed E-state index contributed by atoms with van der Waals surface area (Å²) in [5.74, 6) is -1.59. The third-order valence-electron chi connectivity index (χ3n) is 4.45. The van der Waals surface area contributed by atoms with Gasteiger partial charge >= 0.3 is 6.18 Å². The van der Waals surface area contributed by atoms with Crippen molar-refractivity contribution in [3.63, 3.8) is 0 Å². The average molecular weight is 450 g/mol. The Morgan fingerprint density at radius 3 is 2.41 bits per heavy atom. The standard InChI is InChI=1S/C22H18F4N2O4/c23-16-2-4-17(5-3-16)32-19-12-15(22(24,25)26)1-6-18(19)21(31)27-13-14-7-8-28(9-10-29)20(30)11-14/h1-8,11-12,29H,9-10,13H2,(H,27,31). The molecule has 10 heteroatoms. The fourth-order valence-electron chi connectivity index (χ4n) is 2.83. The van der Waals surface area contributed by atoms with Gasteiger partial charge in [-0.25, -0.2) is 4.39 Å². The van der Waals surface area contributed by atoms with Gasteiger partial charge in [-0.05, 0) is 54.1 Å². The van der Waals surface area contributed by atoms with E-state index in [-0.39, 0.29) is 42.3 Å². The van der Waals surface area contributed by atoms with Crippen LogP contribution in [0.25, 0.3) is 0 Å². The number of amides is 1. The Kier molecular flexibility index (Phi) is 6.94. The quantitative estimate of drug-likeness (QED) is 0.538. The summed E-state index contributed by atoms with van der Waals surface area (Å²) in [6.45, 7) is -0.146. The first-order valence-corrected chi connectivity index (χ1v) is 9.40. The van der Waals surface area contributed by atoms with E-state index >= 15 is 0 Å². The normalized spacial score (nSPS) is 11.3. The van der Waals surface area contributed by atoms with Crippen LogP contribution in [-0.4, -0.2) is 22.2 Å². The van der Waals surface area contributed by atoms with Crippen molar-refractivity contribution in [3.8, 4) is 11.5 Å². The number of pyridine rings is 1. The maximum absolute atomic E-state index is 13.1. The highest BCUT2D eigenvalue weighted by atomic mass is 19.4. The van der Waals surface area contributed by atoms with Crippen LogP contribution in [0.15, 0.2) is 65.6 Å². The monoisotopic (exact) mass is 450 g/mol. The molecule has 0 aliphatic heterocycles. The molecule has 2 aromatic carbocycles. The van der Waals surface area contributed by atoms with E-state index in [9.17, 15) is 27.2 Å². The molecule has 0 fully saturated rings. The maximum atomic E-state index is 13.1. The van der Waals surface area contributed by atoms with Crippen molar-refractivity contribution in [3.05, 3.63) is 93.7 Å².